The van der Waals surface area contributed by atoms with Gasteiger partial charge in [-0.25, -0.2) is 0 Å². The molecule has 0 aliphatic carbocycles. The normalized spacial score (nSPS) is 12.0. The predicted octanol–water partition coefficient (Wildman–Crippen LogP) is 0.747. The van der Waals surface area contributed by atoms with E-state index in [0.29, 0.717) is 13.0 Å². The maximum absolute atomic E-state index is 10.8. The fourth-order valence-electron chi connectivity index (χ4n) is 1.46. The standard InChI is InChI=1S/C12H15NO4/c14-11(15)8-10(12(16)17)13-7-6-9-4-2-1-3-5-9/h1-5,10,13H,6-8H2,(H,14,15)(H,16,17)/t10-/m0/s1. The molecule has 0 aromatic heterocycles. The number of nitrogens with one attached hydrogen (secondary N) is 1. The monoisotopic (exact) mass is 237 g/mol. The molecule has 0 saturated heterocycles. The van der Waals surface area contributed by atoms with Gasteiger partial charge in [0.05, 0.1) is 6.42 Å². The minimum Gasteiger partial charge on any atom is -0.481 e. The lowest BCUT2D eigenvalue weighted by molar-refractivity contribution is -0.145. The Morgan fingerprint density at radius 1 is 1.18 bits per heavy atom. The van der Waals surface area contributed by atoms with Crippen LogP contribution >= 0.6 is 0 Å². The van der Waals surface area contributed by atoms with Gasteiger partial charge in [-0.3, -0.25) is 9.59 Å². The van der Waals surface area contributed by atoms with Crippen LogP contribution in [0.25, 0.3) is 0 Å². The molecule has 0 saturated carbocycles. The summed E-state index contributed by atoms with van der Waals surface area (Å²) < 4.78 is 0. The molecule has 17 heavy (non-hydrogen) atoms. The van der Waals surface area contributed by atoms with Gasteiger partial charge in [0, 0.05) is 0 Å². The van der Waals surface area contributed by atoms with Gasteiger partial charge in [0.1, 0.15) is 6.04 Å². The summed E-state index contributed by atoms with van der Waals surface area (Å²) in [6.07, 6.45) is 0.258. The minimum absolute atomic E-state index is 0.413. The van der Waals surface area contributed by atoms with E-state index in [2.05, 4.69) is 5.32 Å². The topological polar surface area (TPSA) is 86.6 Å². The summed E-state index contributed by atoms with van der Waals surface area (Å²) in [5.74, 6) is -2.26. The highest BCUT2D eigenvalue weighted by atomic mass is 16.4. The van der Waals surface area contributed by atoms with Gasteiger partial charge in [0.15, 0.2) is 0 Å². The third-order valence-electron chi connectivity index (χ3n) is 2.32. The van der Waals surface area contributed by atoms with Crippen LogP contribution in [0.1, 0.15) is 12.0 Å². The van der Waals surface area contributed by atoms with E-state index in [-0.39, 0.29) is 0 Å². The molecule has 5 nitrogen and oxygen atoms in total. The fourth-order valence-corrected chi connectivity index (χ4v) is 1.46. The molecule has 0 amide bonds. The highest BCUT2D eigenvalue weighted by Crippen LogP contribution is 1.99. The van der Waals surface area contributed by atoms with Crippen molar-refractivity contribution in [3.63, 3.8) is 0 Å². The quantitative estimate of drug-likeness (QED) is 0.651. The number of hydrogen-bond acceptors (Lipinski definition) is 3. The molecular weight excluding hydrogens is 222 g/mol. The number of benzene rings is 1. The molecule has 0 radical (unpaired) electrons. The molecular formula is C12H15NO4. The zero-order chi connectivity index (χ0) is 12.7. The second kappa shape index (κ2) is 6.65. The van der Waals surface area contributed by atoms with Gasteiger partial charge in [0.25, 0.3) is 0 Å². The molecule has 1 aromatic rings. The van der Waals surface area contributed by atoms with Crippen molar-refractivity contribution in [1.82, 2.24) is 5.32 Å². The van der Waals surface area contributed by atoms with Crippen molar-refractivity contribution in [2.75, 3.05) is 6.54 Å². The molecule has 0 aliphatic rings. The third kappa shape index (κ3) is 5.12. The molecule has 0 aliphatic heterocycles. The van der Waals surface area contributed by atoms with Crippen molar-refractivity contribution in [3.8, 4) is 0 Å². The molecule has 0 bridgehead atoms. The van der Waals surface area contributed by atoms with Gasteiger partial charge in [-0.15, -0.1) is 0 Å². The molecule has 3 N–H and O–H groups in total. The number of carbonyl (C=O) groups is 2. The van der Waals surface area contributed by atoms with Gasteiger partial charge in [-0.05, 0) is 18.5 Å². The van der Waals surface area contributed by atoms with E-state index >= 15 is 0 Å². The molecule has 92 valence electrons. The first kappa shape index (κ1) is 13.2. The average Bonchev–Trinajstić information content (AvgIpc) is 2.28. The van der Waals surface area contributed by atoms with Crippen LogP contribution in [-0.2, 0) is 16.0 Å². The van der Waals surface area contributed by atoms with Crippen LogP contribution in [0.3, 0.4) is 0 Å². The number of hydrogen-bond donors (Lipinski definition) is 3. The average molecular weight is 237 g/mol. The second-order valence-corrected chi connectivity index (χ2v) is 3.68. The fraction of sp³-hybridized carbons (Fsp3) is 0.333. The van der Waals surface area contributed by atoms with Crippen molar-refractivity contribution in [3.05, 3.63) is 35.9 Å². The van der Waals surface area contributed by atoms with Gasteiger partial charge in [0.2, 0.25) is 0 Å². The van der Waals surface area contributed by atoms with Crippen molar-refractivity contribution in [2.45, 2.75) is 18.9 Å². The molecule has 1 atom stereocenters. The highest BCUT2D eigenvalue weighted by molar-refractivity contribution is 5.80. The van der Waals surface area contributed by atoms with Gasteiger partial charge < -0.3 is 15.5 Å². The van der Waals surface area contributed by atoms with Crippen molar-refractivity contribution in [1.29, 1.82) is 0 Å². The molecule has 0 heterocycles. The Labute approximate surface area is 99.1 Å². The summed E-state index contributed by atoms with van der Waals surface area (Å²) in [6.45, 7) is 0.439. The van der Waals surface area contributed by atoms with Crippen LogP contribution in [0.15, 0.2) is 30.3 Å². The van der Waals surface area contributed by atoms with Gasteiger partial charge >= 0.3 is 11.9 Å². The van der Waals surface area contributed by atoms with E-state index < -0.39 is 24.4 Å². The minimum atomic E-state index is -1.14. The number of carboxylic acid groups (broad SMARTS) is 2. The summed E-state index contributed by atoms with van der Waals surface area (Å²) in [5.41, 5.74) is 1.08. The van der Waals surface area contributed by atoms with Crippen LogP contribution in [0.2, 0.25) is 0 Å². The highest BCUT2D eigenvalue weighted by Gasteiger charge is 2.19. The first-order chi connectivity index (χ1) is 8.09. The Bertz CT molecular complexity index is 377. The SMILES string of the molecule is O=C(O)C[C@H](NCCc1ccccc1)C(=O)O. The Morgan fingerprint density at radius 2 is 1.82 bits per heavy atom. The molecule has 0 fully saturated rings. The molecule has 1 rings (SSSR count). The molecule has 1 aromatic carbocycles. The number of aliphatic carboxylic acids is 2. The van der Waals surface area contributed by atoms with E-state index in [1.807, 2.05) is 30.3 Å². The Hall–Kier alpha value is -1.88. The summed E-state index contributed by atoms with van der Waals surface area (Å²) >= 11 is 0. The summed E-state index contributed by atoms with van der Waals surface area (Å²) in [4.78, 5) is 21.2. The Kier molecular flexibility index (Phi) is 5.16. The third-order valence-corrected chi connectivity index (χ3v) is 2.32. The van der Waals surface area contributed by atoms with Crippen LogP contribution in [0, 0.1) is 0 Å². The van der Waals surface area contributed by atoms with E-state index in [9.17, 15) is 9.59 Å². The predicted molar refractivity (Wildman–Crippen MR) is 61.8 cm³/mol. The second-order valence-electron chi connectivity index (χ2n) is 3.68. The van der Waals surface area contributed by atoms with Crippen LogP contribution in [0.4, 0.5) is 0 Å². The van der Waals surface area contributed by atoms with Crippen molar-refractivity contribution in [2.24, 2.45) is 0 Å². The zero-order valence-corrected chi connectivity index (χ0v) is 9.30. The first-order valence-corrected chi connectivity index (χ1v) is 5.31. The zero-order valence-electron chi connectivity index (χ0n) is 9.30. The number of carboxylic acids is 2. The molecule has 0 unspecified atom stereocenters. The lowest BCUT2D eigenvalue weighted by Gasteiger charge is -2.11. The lowest BCUT2D eigenvalue weighted by atomic mass is 10.1. The van der Waals surface area contributed by atoms with Gasteiger partial charge in [-0.1, -0.05) is 30.3 Å². The smallest absolute Gasteiger partial charge is 0.321 e. The van der Waals surface area contributed by atoms with Crippen molar-refractivity contribution >= 4 is 11.9 Å². The maximum Gasteiger partial charge on any atom is 0.321 e. The molecule has 5 heteroatoms. The van der Waals surface area contributed by atoms with Crippen LogP contribution in [0.5, 0.6) is 0 Å². The van der Waals surface area contributed by atoms with Gasteiger partial charge in [-0.2, -0.15) is 0 Å². The summed E-state index contributed by atoms with van der Waals surface area (Å²) in [6, 6.07) is 8.56. The Morgan fingerprint density at radius 3 is 2.35 bits per heavy atom. The largest absolute Gasteiger partial charge is 0.481 e. The van der Waals surface area contributed by atoms with E-state index in [4.69, 9.17) is 10.2 Å². The lowest BCUT2D eigenvalue weighted by Crippen LogP contribution is -2.39. The molecule has 0 spiro atoms. The maximum atomic E-state index is 10.8. The first-order valence-electron chi connectivity index (χ1n) is 5.31. The van der Waals surface area contributed by atoms with Crippen molar-refractivity contribution < 1.29 is 19.8 Å². The van der Waals surface area contributed by atoms with E-state index in [1.54, 1.807) is 0 Å². The van der Waals surface area contributed by atoms with E-state index in [1.165, 1.54) is 0 Å². The summed E-state index contributed by atoms with van der Waals surface area (Å²) in [7, 11) is 0. The van der Waals surface area contributed by atoms with E-state index in [0.717, 1.165) is 5.56 Å². The van der Waals surface area contributed by atoms with Crippen LogP contribution < -0.4 is 5.32 Å². The summed E-state index contributed by atoms with van der Waals surface area (Å²) in [5, 5.41) is 20.1. The Balaban J connectivity index is 2.37. The van der Waals surface area contributed by atoms with Crippen LogP contribution in [-0.4, -0.2) is 34.7 Å². The number of rotatable bonds is 7.